The summed E-state index contributed by atoms with van der Waals surface area (Å²) in [5, 5.41) is 7.20. The molecule has 0 aromatic carbocycles. The van der Waals surface area contributed by atoms with Gasteiger partial charge in [0.15, 0.2) is 5.15 Å². The Morgan fingerprint density at radius 1 is 1.18 bits per heavy atom. The first-order valence-corrected chi connectivity index (χ1v) is 10.3. The zero-order valence-electron chi connectivity index (χ0n) is 16.5. The predicted molar refractivity (Wildman–Crippen MR) is 105 cm³/mol. The Morgan fingerprint density at radius 2 is 1.89 bits per heavy atom. The van der Waals surface area contributed by atoms with Crippen LogP contribution in [0.2, 0.25) is 5.15 Å². The average molecular weight is 410 g/mol. The Bertz CT molecular complexity index is 742. The lowest BCUT2D eigenvalue weighted by molar-refractivity contribution is -0.140. The van der Waals surface area contributed by atoms with E-state index in [2.05, 4.69) is 10.4 Å². The quantitative estimate of drug-likeness (QED) is 0.759. The van der Waals surface area contributed by atoms with Gasteiger partial charge < -0.3 is 15.1 Å². The molecule has 2 saturated heterocycles. The maximum absolute atomic E-state index is 12.6. The van der Waals surface area contributed by atoms with Crippen LogP contribution < -0.4 is 5.32 Å². The Kier molecular flexibility index (Phi) is 6.59. The molecule has 3 amide bonds. The van der Waals surface area contributed by atoms with Gasteiger partial charge in [-0.25, -0.2) is 0 Å². The zero-order chi connectivity index (χ0) is 20.3. The van der Waals surface area contributed by atoms with Gasteiger partial charge in [0.2, 0.25) is 11.8 Å². The van der Waals surface area contributed by atoms with E-state index in [0.717, 1.165) is 32.2 Å². The molecular weight excluding hydrogens is 382 g/mol. The van der Waals surface area contributed by atoms with E-state index in [4.69, 9.17) is 11.6 Å². The molecule has 9 heteroatoms. The molecule has 8 nitrogen and oxygen atoms in total. The first-order chi connectivity index (χ1) is 13.4. The third kappa shape index (κ3) is 4.66. The van der Waals surface area contributed by atoms with Crippen molar-refractivity contribution in [2.45, 2.75) is 32.1 Å². The highest BCUT2D eigenvalue weighted by Crippen LogP contribution is 2.22. The van der Waals surface area contributed by atoms with E-state index in [9.17, 15) is 14.4 Å². The molecule has 2 aliphatic rings. The van der Waals surface area contributed by atoms with Crippen LogP contribution in [-0.4, -0.2) is 70.5 Å². The van der Waals surface area contributed by atoms with Crippen LogP contribution in [0, 0.1) is 11.8 Å². The van der Waals surface area contributed by atoms with Gasteiger partial charge in [-0.2, -0.15) is 5.10 Å². The number of rotatable bonds is 4. The van der Waals surface area contributed by atoms with Crippen LogP contribution in [0.4, 0.5) is 0 Å². The number of hydrogen-bond acceptors (Lipinski definition) is 4. The normalized spacial score (nSPS) is 21.5. The summed E-state index contributed by atoms with van der Waals surface area (Å²) in [6, 6.07) is 0. The molecule has 3 rings (SSSR count). The molecule has 1 N–H and O–H groups in total. The largest absolute Gasteiger partial charge is 0.355 e. The number of halogens is 1. The van der Waals surface area contributed by atoms with Gasteiger partial charge in [0.25, 0.3) is 5.91 Å². The highest BCUT2D eigenvalue weighted by atomic mass is 35.5. The molecule has 154 valence electrons. The third-order valence-electron chi connectivity index (χ3n) is 5.71. The van der Waals surface area contributed by atoms with Gasteiger partial charge in [-0.05, 0) is 31.6 Å². The first kappa shape index (κ1) is 20.6. The number of aromatic nitrogens is 2. The van der Waals surface area contributed by atoms with Crippen molar-refractivity contribution in [1.82, 2.24) is 24.9 Å². The van der Waals surface area contributed by atoms with Crippen molar-refractivity contribution >= 4 is 29.3 Å². The lowest BCUT2D eigenvalue weighted by Crippen LogP contribution is -2.44. The minimum Gasteiger partial charge on any atom is -0.355 e. The fourth-order valence-electron chi connectivity index (χ4n) is 3.92. The second kappa shape index (κ2) is 8.94. The zero-order valence-corrected chi connectivity index (χ0v) is 17.2. The monoisotopic (exact) mass is 409 g/mol. The molecule has 1 aromatic rings. The number of likely N-dealkylation sites (tertiary alicyclic amines) is 2. The van der Waals surface area contributed by atoms with Crippen molar-refractivity contribution in [2.24, 2.45) is 18.9 Å². The second-order valence-electron chi connectivity index (χ2n) is 7.80. The molecule has 0 saturated carbocycles. The Morgan fingerprint density at radius 3 is 2.54 bits per heavy atom. The van der Waals surface area contributed by atoms with Crippen LogP contribution in [0.25, 0.3) is 0 Å². The molecule has 1 aromatic heterocycles. The van der Waals surface area contributed by atoms with Crippen molar-refractivity contribution in [3.63, 3.8) is 0 Å². The summed E-state index contributed by atoms with van der Waals surface area (Å²) in [7, 11) is 3.49. The van der Waals surface area contributed by atoms with Crippen LogP contribution >= 0.6 is 11.6 Å². The van der Waals surface area contributed by atoms with E-state index in [1.807, 2.05) is 0 Å². The highest BCUT2D eigenvalue weighted by Gasteiger charge is 2.32. The summed E-state index contributed by atoms with van der Waals surface area (Å²) in [5.41, 5.74) is 0.423. The van der Waals surface area contributed by atoms with Gasteiger partial charge in [-0.1, -0.05) is 18.0 Å². The lowest BCUT2D eigenvalue weighted by Gasteiger charge is -2.32. The fraction of sp³-hybridized carbons (Fsp3) is 0.684. The summed E-state index contributed by atoms with van der Waals surface area (Å²) < 4.78 is 1.53. The lowest BCUT2D eigenvalue weighted by atomic mass is 9.95. The number of hydrogen-bond donors (Lipinski definition) is 1. The Hall–Kier alpha value is -2.09. The van der Waals surface area contributed by atoms with E-state index in [1.165, 1.54) is 4.68 Å². The Balaban J connectivity index is 1.46. The van der Waals surface area contributed by atoms with Crippen molar-refractivity contribution in [1.29, 1.82) is 0 Å². The topological polar surface area (TPSA) is 87.5 Å². The van der Waals surface area contributed by atoms with Crippen molar-refractivity contribution in [3.8, 4) is 0 Å². The molecule has 2 fully saturated rings. The minimum absolute atomic E-state index is 0.0798. The molecule has 2 aliphatic heterocycles. The molecule has 3 heterocycles. The summed E-state index contributed by atoms with van der Waals surface area (Å²) in [4.78, 5) is 40.9. The maximum atomic E-state index is 12.6. The predicted octanol–water partition coefficient (Wildman–Crippen LogP) is 1.30. The van der Waals surface area contributed by atoms with Crippen LogP contribution in [0.1, 0.15) is 42.5 Å². The first-order valence-electron chi connectivity index (χ1n) is 9.88. The van der Waals surface area contributed by atoms with E-state index < -0.39 is 5.92 Å². The van der Waals surface area contributed by atoms with Gasteiger partial charge >= 0.3 is 0 Å². The average Bonchev–Trinajstić information content (AvgIpc) is 2.93. The molecule has 0 bridgehead atoms. The Labute approximate surface area is 170 Å². The van der Waals surface area contributed by atoms with Gasteiger partial charge in [-0.15, -0.1) is 0 Å². The minimum atomic E-state index is -0.568. The molecular formula is C19H28ClN5O3. The second-order valence-corrected chi connectivity index (χ2v) is 8.15. The SMILES string of the molecule is CN1CCCCC(C(=O)NCC2CCN(C(=O)c3cn(C)nc3Cl)CC2)C1=O. The van der Waals surface area contributed by atoms with E-state index in [-0.39, 0.29) is 22.9 Å². The summed E-state index contributed by atoms with van der Waals surface area (Å²) in [5.74, 6) is -0.617. The van der Waals surface area contributed by atoms with Crippen LogP contribution in [0.3, 0.4) is 0 Å². The van der Waals surface area contributed by atoms with Gasteiger partial charge in [0.1, 0.15) is 5.92 Å². The van der Waals surface area contributed by atoms with Gasteiger partial charge in [0.05, 0.1) is 5.56 Å². The van der Waals surface area contributed by atoms with Crippen molar-refractivity contribution in [2.75, 3.05) is 33.2 Å². The number of carbonyl (C=O) groups excluding carboxylic acids is 3. The van der Waals surface area contributed by atoms with Crippen molar-refractivity contribution in [3.05, 3.63) is 16.9 Å². The van der Waals surface area contributed by atoms with Gasteiger partial charge in [-0.3, -0.25) is 19.1 Å². The standard InChI is InChI=1S/C19H28ClN5O3/c1-23-8-4-3-5-14(18(23)27)17(26)21-11-13-6-9-25(10-7-13)19(28)15-12-24(2)22-16(15)20/h12-14H,3-11H2,1-2H3,(H,21,26). The van der Waals surface area contributed by atoms with E-state index in [1.54, 1.807) is 30.1 Å². The van der Waals surface area contributed by atoms with Crippen LogP contribution in [-0.2, 0) is 16.6 Å². The summed E-state index contributed by atoms with van der Waals surface area (Å²) in [6.07, 6.45) is 5.71. The van der Waals surface area contributed by atoms with Crippen LogP contribution in [0.5, 0.6) is 0 Å². The van der Waals surface area contributed by atoms with Crippen LogP contribution in [0.15, 0.2) is 6.20 Å². The summed E-state index contributed by atoms with van der Waals surface area (Å²) >= 11 is 6.02. The maximum Gasteiger partial charge on any atom is 0.258 e. The molecule has 28 heavy (non-hydrogen) atoms. The van der Waals surface area contributed by atoms with E-state index >= 15 is 0 Å². The number of amides is 3. The molecule has 0 aliphatic carbocycles. The fourth-order valence-corrected chi connectivity index (χ4v) is 4.17. The van der Waals surface area contributed by atoms with Crippen molar-refractivity contribution < 1.29 is 14.4 Å². The third-order valence-corrected chi connectivity index (χ3v) is 5.99. The number of nitrogens with one attached hydrogen (secondary N) is 1. The summed E-state index contributed by atoms with van der Waals surface area (Å²) in [6.45, 7) is 2.50. The van der Waals surface area contributed by atoms with Gasteiger partial charge in [0, 0.05) is 46.5 Å². The molecule has 1 atom stereocenters. The highest BCUT2D eigenvalue weighted by molar-refractivity contribution is 6.32. The molecule has 1 unspecified atom stereocenters. The molecule has 0 spiro atoms. The number of carbonyl (C=O) groups is 3. The number of aryl methyl sites for hydroxylation is 1. The number of piperidine rings is 1. The molecule has 0 radical (unpaired) electrons. The number of nitrogens with zero attached hydrogens (tertiary/aromatic N) is 4. The van der Waals surface area contributed by atoms with E-state index in [0.29, 0.717) is 37.5 Å². The smallest absolute Gasteiger partial charge is 0.258 e.